The Morgan fingerprint density at radius 1 is 1.11 bits per heavy atom. The molecule has 0 spiro atoms. The van der Waals surface area contributed by atoms with Crippen molar-refractivity contribution in [3.63, 3.8) is 0 Å². The lowest BCUT2D eigenvalue weighted by Crippen LogP contribution is -2.34. The number of carbonyl (C=O) groups excluding carboxylic acids is 1. The van der Waals surface area contributed by atoms with Crippen LogP contribution >= 0.6 is 0 Å². The normalized spacial score (nSPS) is 24.1. The molecule has 1 atom stereocenters. The van der Waals surface area contributed by atoms with E-state index in [1.807, 2.05) is 18.2 Å². The van der Waals surface area contributed by atoms with Crippen molar-refractivity contribution >= 4 is 5.78 Å². The molecule has 28 heavy (non-hydrogen) atoms. The molecule has 1 unspecified atom stereocenters. The summed E-state index contributed by atoms with van der Waals surface area (Å²) in [6.07, 6.45) is 0.206. The van der Waals surface area contributed by atoms with Crippen LogP contribution in [0.3, 0.4) is 0 Å². The number of likely N-dealkylation sites (tertiary alicyclic amines) is 1. The van der Waals surface area contributed by atoms with Gasteiger partial charge in [-0.2, -0.15) is 0 Å². The van der Waals surface area contributed by atoms with E-state index >= 15 is 0 Å². The maximum atomic E-state index is 13.3. The topological polar surface area (TPSA) is 38.8 Å². The molecular weight excluding hydrogens is 350 g/mol. The van der Waals surface area contributed by atoms with Gasteiger partial charge in [-0.1, -0.05) is 30.3 Å². The van der Waals surface area contributed by atoms with Gasteiger partial charge in [0, 0.05) is 20.8 Å². The first kappa shape index (κ1) is 14.6. The van der Waals surface area contributed by atoms with Crippen molar-refractivity contribution in [3.8, 4) is 11.5 Å². The fourth-order valence-electron chi connectivity index (χ4n) is 4.18. The summed E-state index contributed by atoms with van der Waals surface area (Å²) >= 11 is 0. The largest absolute Gasteiger partial charge is 0.493 e. The predicted octanol–water partition coefficient (Wildman–Crippen LogP) is 4.36. The first-order chi connectivity index (χ1) is 15.3. The van der Waals surface area contributed by atoms with Crippen molar-refractivity contribution in [2.24, 2.45) is 11.8 Å². The molecule has 0 N–H and O–H groups in total. The number of ketones is 1. The molecule has 1 aliphatic carbocycles. The zero-order valence-electron chi connectivity index (χ0n) is 20.5. The second-order valence-electron chi connectivity index (χ2n) is 7.57. The smallest absolute Gasteiger partial charge is 0.166 e. The molecule has 148 valence electrons. The fraction of sp³-hybridized carbons (Fsp3) is 0.458. The number of hydrogen-bond donors (Lipinski definition) is 0. The Bertz CT molecular complexity index is 1000. The number of methoxy groups -OCH3 is 2. The van der Waals surface area contributed by atoms with Gasteiger partial charge in [0.05, 0.1) is 17.0 Å². The number of Topliss-reactive ketones (excluding diaryl/α,β-unsaturated/α-hetero) is 1. The second kappa shape index (κ2) is 8.36. The van der Waals surface area contributed by atoms with Gasteiger partial charge in [-0.25, -0.2) is 0 Å². The summed E-state index contributed by atoms with van der Waals surface area (Å²) in [5.74, 6) is -1.05. The standard InChI is InChI=1S/C24H29NO3/c1-27-22-14-19-13-20(24(26)21(19)15-23(22)28-2)12-17-8-10-25(11-9-17)16-18-6-4-3-5-7-18/h3-7,14-15,17,20H,8-13,16H2,1-2H3/i13D2,14D,15D. The number of hydrogen-bond acceptors (Lipinski definition) is 4. The summed E-state index contributed by atoms with van der Waals surface area (Å²) in [6.45, 7) is 2.71. The van der Waals surface area contributed by atoms with Crippen LogP contribution in [-0.4, -0.2) is 38.0 Å². The van der Waals surface area contributed by atoms with E-state index in [4.69, 9.17) is 15.0 Å². The van der Waals surface area contributed by atoms with Crippen LogP contribution in [-0.2, 0) is 12.9 Å². The molecule has 2 aliphatic rings. The summed E-state index contributed by atoms with van der Waals surface area (Å²) in [5, 5.41) is 0. The highest BCUT2D eigenvalue weighted by atomic mass is 16.5. The van der Waals surface area contributed by atoms with Gasteiger partial charge < -0.3 is 9.47 Å². The first-order valence-corrected chi connectivity index (χ1v) is 9.85. The van der Waals surface area contributed by atoms with Gasteiger partial charge in [0.1, 0.15) is 0 Å². The Morgan fingerprint density at radius 2 is 1.79 bits per heavy atom. The number of nitrogens with zero attached hydrogens (tertiary/aromatic N) is 1. The molecule has 1 saturated heterocycles. The fourth-order valence-corrected chi connectivity index (χ4v) is 4.18. The zero-order chi connectivity index (χ0) is 23.0. The molecule has 1 aliphatic heterocycles. The molecule has 1 heterocycles. The predicted molar refractivity (Wildman–Crippen MR) is 110 cm³/mol. The van der Waals surface area contributed by atoms with Gasteiger partial charge >= 0.3 is 0 Å². The lowest BCUT2D eigenvalue weighted by molar-refractivity contribution is 0.0895. The number of ether oxygens (including phenoxy) is 2. The molecule has 4 nitrogen and oxygen atoms in total. The Labute approximate surface area is 173 Å². The Balaban J connectivity index is 1.51. The molecule has 2 aromatic carbocycles. The van der Waals surface area contributed by atoms with Crippen molar-refractivity contribution in [2.75, 3.05) is 27.3 Å². The third-order valence-electron chi connectivity index (χ3n) is 5.75. The van der Waals surface area contributed by atoms with Gasteiger partial charge in [-0.3, -0.25) is 9.69 Å². The van der Waals surface area contributed by atoms with Gasteiger partial charge in [-0.05, 0) is 67.9 Å². The van der Waals surface area contributed by atoms with E-state index in [2.05, 4.69) is 17.0 Å². The van der Waals surface area contributed by atoms with Crippen LogP contribution < -0.4 is 9.47 Å². The lowest BCUT2D eigenvalue weighted by atomic mass is 9.85. The minimum Gasteiger partial charge on any atom is -0.493 e. The number of piperidine rings is 1. The molecule has 1 fully saturated rings. The van der Waals surface area contributed by atoms with Crippen LogP contribution in [0, 0.1) is 11.8 Å². The van der Waals surface area contributed by atoms with Gasteiger partial charge in [0.2, 0.25) is 0 Å². The quantitative estimate of drug-likeness (QED) is 0.743. The molecule has 0 saturated carbocycles. The summed E-state index contributed by atoms with van der Waals surface area (Å²) in [5.41, 5.74) is 1.22. The Morgan fingerprint density at radius 3 is 2.46 bits per heavy atom. The number of carbonyl (C=O) groups is 1. The van der Waals surface area contributed by atoms with Crippen molar-refractivity contribution in [3.05, 3.63) is 59.1 Å². The maximum Gasteiger partial charge on any atom is 0.166 e. The van der Waals surface area contributed by atoms with Crippen LogP contribution in [0.25, 0.3) is 0 Å². The summed E-state index contributed by atoms with van der Waals surface area (Å²) in [6, 6.07) is 9.94. The van der Waals surface area contributed by atoms with Crippen LogP contribution in [0.15, 0.2) is 42.4 Å². The van der Waals surface area contributed by atoms with E-state index in [0.29, 0.717) is 6.42 Å². The lowest BCUT2D eigenvalue weighted by Gasteiger charge is -2.32. The average molecular weight is 384 g/mol. The number of rotatable bonds is 6. The van der Waals surface area contributed by atoms with E-state index in [-0.39, 0.29) is 40.6 Å². The van der Waals surface area contributed by atoms with Crippen LogP contribution in [0.1, 0.15) is 46.2 Å². The van der Waals surface area contributed by atoms with E-state index in [1.54, 1.807) is 0 Å². The molecule has 0 aromatic heterocycles. The number of fused-ring (bicyclic) bond motifs is 1. The average Bonchev–Trinajstić information content (AvgIpc) is 2.98. The molecule has 0 amide bonds. The summed E-state index contributed by atoms with van der Waals surface area (Å²) < 4.78 is 44.8. The van der Waals surface area contributed by atoms with Crippen molar-refractivity contribution in [1.29, 1.82) is 0 Å². The van der Waals surface area contributed by atoms with E-state index in [9.17, 15) is 4.79 Å². The summed E-state index contributed by atoms with van der Waals surface area (Å²) in [4.78, 5) is 15.7. The Kier molecular flexibility index (Phi) is 4.37. The minimum atomic E-state index is -2.01. The van der Waals surface area contributed by atoms with E-state index < -0.39 is 18.1 Å². The summed E-state index contributed by atoms with van der Waals surface area (Å²) in [7, 11) is 2.71. The van der Waals surface area contributed by atoms with Gasteiger partial charge in [0.25, 0.3) is 0 Å². The van der Waals surface area contributed by atoms with Gasteiger partial charge in [0.15, 0.2) is 17.3 Å². The highest BCUT2D eigenvalue weighted by molar-refractivity contribution is 6.02. The molecule has 4 heteroatoms. The first-order valence-electron chi connectivity index (χ1n) is 11.9. The highest BCUT2D eigenvalue weighted by Crippen LogP contribution is 2.39. The van der Waals surface area contributed by atoms with Crippen LogP contribution in [0.5, 0.6) is 11.5 Å². The third-order valence-corrected chi connectivity index (χ3v) is 5.75. The van der Waals surface area contributed by atoms with E-state index in [0.717, 1.165) is 32.5 Å². The molecule has 4 rings (SSSR count). The molecule has 0 radical (unpaired) electrons. The van der Waals surface area contributed by atoms with Gasteiger partial charge in [-0.15, -0.1) is 0 Å². The maximum absolute atomic E-state index is 13.3. The third kappa shape index (κ3) is 3.93. The Hall–Kier alpha value is -2.33. The SMILES string of the molecule is [2H]c1c(OC)c(OC)c([2H])c2c1C(=O)C(CC1CCN(Cc3ccccc3)CC1)C2([2H])[2H]. The van der Waals surface area contributed by atoms with Crippen LogP contribution in [0.4, 0.5) is 0 Å². The monoisotopic (exact) mass is 383 g/mol. The van der Waals surface area contributed by atoms with Crippen LogP contribution in [0.2, 0.25) is 0 Å². The highest BCUT2D eigenvalue weighted by Gasteiger charge is 2.34. The zero-order valence-corrected chi connectivity index (χ0v) is 16.5. The molecular formula is C24H29NO3. The molecule has 2 aromatic rings. The van der Waals surface area contributed by atoms with E-state index in [1.165, 1.54) is 19.8 Å². The van der Waals surface area contributed by atoms with Crippen molar-refractivity contribution in [2.45, 2.75) is 32.2 Å². The van der Waals surface area contributed by atoms with Crippen molar-refractivity contribution < 1.29 is 19.8 Å². The number of benzene rings is 2. The second-order valence-corrected chi connectivity index (χ2v) is 7.57. The molecule has 0 bridgehead atoms. The van der Waals surface area contributed by atoms with Crippen molar-refractivity contribution in [1.82, 2.24) is 4.90 Å². The minimum absolute atomic E-state index is 0.00259.